The minimum Gasteiger partial charge on any atom is -0.508 e. The molecule has 0 unspecified atom stereocenters. The van der Waals surface area contributed by atoms with Gasteiger partial charge >= 0.3 is 0 Å². The first-order valence-electron chi connectivity index (χ1n) is 25.1. The van der Waals surface area contributed by atoms with E-state index in [1.807, 2.05) is 39.0 Å². The number of likely N-dealkylation sites (N-methyl/N-ethyl adjacent to an activating group) is 1. The van der Waals surface area contributed by atoms with E-state index < -0.39 is 96.1 Å². The van der Waals surface area contributed by atoms with E-state index in [9.17, 15) is 43.5 Å². The lowest BCUT2D eigenvalue weighted by molar-refractivity contribution is -0.144. The minimum atomic E-state index is -1.26. The molecule has 1 saturated heterocycles. The van der Waals surface area contributed by atoms with E-state index in [1.165, 1.54) is 29.0 Å². The van der Waals surface area contributed by atoms with E-state index in [0.29, 0.717) is 30.5 Å². The lowest BCUT2D eigenvalue weighted by Crippen LogP contribution is -2.60. The Labute approximate surface area is 432 Å². The molecule has 3 aromatic rings. The largest absolute Gasteiger partial charge is 0.508 e. The van der Waals surface area contributed by atoms with Crippen molar-refractivity contribution in [2.24, 2.45) is 33.8 Å². The number of hydrogen-bond donors (Lipinski definition) is 10. The van der Waals surface area contributed by atoms with Crippen LogP contribution in [0.5, 0.6) is 5.75 Å². The highest BCUT2D eigenvalue weighted by atomic mass is 16.3. The van der Waals surface area contributed by atoms with Gasteiger partial charge in [-0.15, -0.1) is 0 Å². The van der Waals surface area contributed by atoms with Crippen molar-refractivity contribution in [2.45, 2.75) is 134 Å². The number of aromatic hydroxyl groups is 1. The number of aliphatic imine (C=N–C) groups is 1. The molecule has 22 heteroatoms. The number of guanidine groups is 1. The summed E-state index contributed by atoms with van der Waals surface area (Å²) >= 11 is 0. The smallest absolute Gasteiger partial charge is 0.246 e. The molecule has 2 aromatic carbocycles. The molecule has 74 heavy (non-hydrogen) atoms. The van der Waals surface area contributed by atoms with Gasteiger partial charge in [0.1, 0.15) is 42.0 Å². The number of hydrogen-bond acceptors (Lipinski definition) is 12. The fourth-order valence-electron chi connectivity index (χ4n) is 8.58. The number of aromatic nitrogens is 1. The Balaban J connectivity index is 1.58. The number of benzene rings is 2. The van der Waals surface area contributed by atoms with Crippen LogP contribution in [0.25, 0.3) is 0 Å². The van der Waals surface area contributed by atoms with Gasteiger partial charge in [0.15, 0.2) is 5.96 Å². The van der Waals surface area contributed by atoms with Crippen molar-refractivity contribution in [1.82, 2.24) is 41.4 Å². The normalized spacial score (nSPS) is 15.5. The van der Waals surface area contributed by atoms with Crippen molar-refractivity contribution in [1.29, 1.82) is 0 Å². The molecule has 22 nitrogen and oxygen atoms in total. The van der Waals surface area contributed by atoms with Crippen LogP contribution in [-0.2, 0) is 57.6 Å². The van der Waals surface area contributed by atoms with Crippen LogP contribution in [0.4, 0.5) is 0 Å². The van der Waals surface area contributed by atoms with Crippen molar-refractivity contribution in [2.75, 3.05) is 26.7 Å². The third-order valence-corrected chi connectivity index (χ3v) is 12.5. The predicted molar refractivity (Wildman–Crippen MR) is 278 cm³/mol. The molecule has 402 valence electrons. The molecule has 0 radical (unpaired) electrons. The fraction of sp³-hybridized carbons (Fsp3) is 0.500. The van der Waals surface area contributed by atoms with E-state index in [-0.39, 0.29) is 82.1 Å². The quantitative estimate of drug-likeness (QED) is 0.0245. The van der Waals surface area contributed by atoms with Crippen LogP contribution in [0.3, 0.4) is 0 Å². The number of amides is 8. The average molecular weight is 1030 g/mol. The topological polar surface area (TPSA) is 353 Å². The SMILES string of the molecule is CCCC[C@H](NC(=O)[C@H](CC(C)C)N(C)C(=O)[C@H](Cc1ccccc1)NC(=O)[C@@H](N)Cc1ccc(O)cc1)C(=O)N[C@@H](Cc1ccccn1)C(=O)N1CCC[C@H]1C(=O)N[C@@H](CCCN=C(N)N)C(=O)NCC(N)=O. The second kappa shape index (κ2) is 29.8. The highest BCUT2D eigenvalue weighted by molar-refractivity contribution is 5.98. The zero-order valence-corrected chi connectivity index (χ0v) is 42.8. The molecular formula is C52H75N13O9. The molecule has 1 aromatic heterocycles. The number of phenolic OH excluding ortho intramolecular Hbond substituents is 1. The van der Waals surface area contributed by atoms with Gasteiger partial charge in [-0.25, -0.2) is 0 Å². The van der Waals surface area contributed by atoms with E-state index >= 15 is 0 Å². The molecule has 2 heterocycles. The molecule has 8 amide bonds. The Kier molecular flexibility index (Phi) is 23.7. The van der Waals surface area contributed by atoms with Gasteiger partial charge in [0.2, 0.25) is 47.3 Å². The molecule has 0 bridgehead atoms. The summed E-state index contributed by atoms with van der Waals surface area (Å²) in [6, 6.07) is 12.5. The van der Waals surface area contributed by atoms with Gasteiger partial charge in [0.05, 0.1) is 12.6 Å². The predicted octanol–water partition coefficient (Wildman–Crippen LogP) is -0.209. The molecule has 1 aliphatic rings. The maximum atomic E-state index is 14.7. The number of carbonyl (C=O) groups excluding carboxylic acids is 8. The monoisotopic (exact) mass is 1030 g/mol. The molecule has 1 aliphatic heterocycles. The highest BCUT2D eigenvalue weighted by Gasteiger charge is 2.41. The number of primary amides is 1. The zero-order chi connectivity index (χ0) is 54.3. The van der Waals surface area contributed by atoms with Gasteiger partial charge in [-0.1, -0.05) is 82.1 Å². The van der Waals surface area contributed by atoms with Crippen LogP contribution in [0.1, 0.15) is 89.0 Å². The van der Waals surface area contributed by atoms with Crippen LogP contribution < -0.4 is 49.5 Å². The first-order chi connectivity index (χ1) is 35.3. The minimum absolute atomic E-state index is 0.0606. The van der Waals surface area contributed by atoms with Crippen molar-refractivity contribution in [3.63, 3.8) is 0 Å². The number of unbranched alkanes of at least 4 members (excludes halogenated alkanes) is 1. The van der Waals surface area contributed by atoms with Crippen LogP contribution in [0.15, 0.2) is 84.0 Å². The third-order valence-electron chi connectivity index (χ3n) is 12.5. The number of rotatable bonds is 29. The van der Waals surface area contributed by atoms with E-state index in [4.69, 9.17) is 22.9 Å². The van der Waals surface area contributed by atoms with Crippen molar-refractivity contribution in [3.8, 4) is 5.75 Å². The van der Waals surface area contributed by atoms with E-state index in [1.54, 1.807) is 48.7 Å². The summed E-state index contributed by atoms with van der Waals surface area (Å²) in [4.78, 5) is 122. The summed E-state index contributed by atoms with van der Waals surface area (Å²) in [7, 11) is 1.48. The Morgan fingerprint density at radius 2 is 1.39 bits per heavy atom. The number of nitrogens with one attached hydrogen (secondary N) is 5. The van der Waals surface area contributed by atoms with Crippen LogP contribution in [0, 0.1) is 5.92 Å². The number of nitrogens with two attached hydrogens (primary N) is 4. The van der Waals surface area contributed by atoms with E-state index in [2.05, 4.69) is 36.6 Å². The lowest BCUT2D eigenvalue weighted by Gasteiger charge is -2.33. The number of nitrogens with zero attached hydrogens (tertiary/aromatic N) is 4. The third kappa shape index (κ3) is 19.1. The molecular weight excluding hydrogens is 951 g/mol. The summed E-state index contributed by atoms with van der Waals surface area (Å²) in [5.41, 5.74) is 24.4. The van der Waals surface area contributed by atoms with E-state index in [0.717, 1.165) is 5.56 Å². The summed E-state index contributed by atoms with van der Waals surface area (Å²) in [5.74, 6) is -5.36. The Bertz CT molecular complexity index is 2370. The highest BCUT2D eigenvalue weighted by Crippen LogP contribution is 2.21. The maximum Gasteiger partial charge on any atom is 0.246 e. The first-order valence-corrected chi connectivity index (χ1v) is 25.1. The van der Waals surface area contributed by atoms with Crippen LogP contribution >= 0.6 is 0 Å². The summed E-state index contributed by atoms with van der Waals surface area (Å²) < 4.78 is 0. The molecule has 0 aliphatic carbocycles. The van der Waals surface area contributed by atoms with Gasteiger partial charge in [-0.05, 0) is 86.3 Å². The van der Waals surface area contributed by atoms with Crippen LogP contribution in [0.2, 0.25) is 0 Å². The molecule has 0 saturated carbocycles. The zero-order valence-electron chi connectivity index (χ0n) is 42.8. The average Bonchev–Trinajstić information content (AvgIpc) is 3.87. The van der Waals surface area contributed by atoms with Crippen molar-refractivity contribution < 1.29 is 43.5 Å². The number of carbonyl (C=O) groups is 8. The van der Waals surface area contributed by atoms with Crippen molar-refractivity contribution >= 4 is 53.2 Å². The Hall–Kier alpha value is -7.62. The fourth-order valence-corrected chi connectivity index (χ4v) is 8.58. The first kappa shape index (κ1) is 58.9. The maximum absolute atomic E-state index is 14.7. The summed E-state index contributed by atoms with van der Waals surface area (Å²) in [6.07, 6.45) is 4.23. The standard InChI is InChI=1S/C52H75N13O9/c1-5-6-17-39(61-49(72)43(27-32(2)3)64(4)50(73)40(29-33-14-8-7-9-15-33)62-45(68)37(53)28-34-20-22-36(66)23-21-34)47(70)63-41(30-35-16-10-11-24-57-35)51(74)65-26-13-19-42(65)48(71)60-38(18-12-25-58-52(55)56)46(69)59-31-44(54)67/h7-11,14-16,20-24,32,37-43,66H,5-6,12-13,17-19,25-31,53H2,1-4H3,(H2,54,67)(H,59,69)(H,60,71)(H,61,72)(H,62,68)(H,63,70)(H4,55,56,58)/t37-,38-,39-,40-,41-,42-,43-/m0/s1. The summed E-state index contributed by atoms with van der Waals surface area (Å²) in [5, 5.41) is 23.4. The van der Waals surface area contributed by atoms with Crippen molar-refractivity contribution in [3.05, 3.63) is 95.8 Å². The lowest BCUT2D eigenvalue weighted by atomic mass is 9.98. The molecule has 4 rings (SSSR count). The Morgan fingerprint density at radius 1 is 0.757 bits per heavy atom. The second-order valence-electron chi connectivity index (χ2n) is 19.0. The van der Waals surface area contributed by atoms with Gasteiger partial charge < -0.3 is 64.4 Å². The summed E-state index contributed by atoms with van der Waals surface area (Å²) in [6.45, 7) is 5.54. The molecule has 0 spiro atoms. The van der Waals surface area contributed by atoms with Gasteiger partial charge in [0.25, 0.3) is 0 Å². The van der Waals surface area contributed by atoms with Crippen LogP contribution in [-0.4, -0.2) is 142 Å². The van der Waals surface area contributed by atoms with Gasteiger partial charge in [0, 0.05) is 44.9 Å². The number of likely N-dealkylation sites (tertiary alicyclic amines) is 1. The van der Waals surface area contributed by atoms with Gasteiger partial charge in [-0.2, -0.15) is 0 Å². The molecule has 14 N–H and O–H groups in total. The molecule has 7 atom stereocenters. The number of phenols is 1. The molecule has 1 fully saturated rings. The van der Waals surface area contributed by atoms with Gasteiger partial charge in [-0.3, -0.25) is 48.3 Å². The Morgan fingerprint density at radius 3 is 2.03 bits per heavy atom. The number of pyridine rings is 1. The second-order valence-corrected chi connectivity index (χ2v) is 19.0.